The Kier molecular flexibility index (Phi) is 24.2. The fourth-order valence-corrected chi connectivity index (χ4v) is 0.129. The zero-order valence-corrected chi connectivity index (χ0v) is 10.1. The Bertz CT molecular complexity index is 62.5. The fraction of sp³-hybridized carbons (Fsp3) is 1.00. The van der Waals surface area contributed by atoms with E-state index in [0.29, 0.717) is 0 Å². The first kappa shape index (κ1) is 16.5. The van der Waals surface area contributed by atoms with E-state index in [-0.39, 0.29) is 62.0 Å². The van der Waals surface area contributed by atoms with Crippen molar-refractivity contribution in [1.29, 1.82) is 0 Å². The van der Waals surface area contributed by atoms with Crippen molar-refractivity contribution in [1.82, 2.24) is 0 Å². The Morgan fingerprint density at radius 3 is 2.00 bits per heavy atom. The molecule has 0 aromatic carbocycles. The maximum absolute atomic E-state index is 9.76. The van der Waals surface area contributed by atoms with Crippen molar-refractivity contribution < 1.29 is 75.7 Å². The van der Waals surface area contributed by atoms with E-state index >= 15 is 0 Å². The standard InChI is InChI=1S/CH5NO3P.2Na.2H/c1-4-6(3)5-2;;;;/h2H2,1H3;;;;/q3*+1;2*-1. The molecule has 0 aromatic rings. The predicted octanol–water partition coefficient (Wildman–Crippen LogP) is -5.59. The van der Waals surface area contributed by atoms with E-state index < -0.39 is 8.25 Å². The molecular formula is CH7NNa2O3P+. The van der Waals surface area contributed by atoms with Gasteiger partial charge in [0.15, 0.2) is 0 Å². The van der Waals surface area contributed by atoms with Gasteiger partial charge >= 0.3 is 67.4 Å². The molecule has 0 aliphatic carbocycles. The summed E-state index contributed by atoms with van der Waals surface area (Å²) >= 11 is 0. The molecular weight excluding hydrogens is 151 g/mol. The van der Waals surface area contributed by atoms with Crippen molar-refractivity contribution in [2.45, 2.75) is 0 Å². The molecule has 0 amide bonds. The first-order chi connectivity index (χ1) is 2.81. The van der Waals surface area contributed by atoms with Crippen LogP contribution in [-0.4, -0.2) is 7.11 Å². The molecule has 0 spiro atoms. The van der Waals surface area contributed by atoms with Crippen LogP contribution in [-0.2, 0) is 13.7 Å². The van der Waals surface area contributed by atoms with Crippen molar-refractivity contribution in [2.75, 3.05) is 7.11 Å². The Morgan fingerprint density at radius 1 is 1.62 bits per heavy atom. The fourth-order valence-electron chi connectivity index (χ4n) is 0.0430. The molecule has 4 nitrogen and oxygen atoms in total. The van der Waals surface area contributed by atoms with Gasteiger partial charge in [0.2, 0.25) is 0 Å². The minimum atomic E-state index is -2.05. The summed E-state index contributed by atoms with van der Waals surface area (Å²) in [6.45, 7) is 0. The monoisotopic (exact) mass is 158 g/mol. The zero-order valence-electron chi connectivity index (χ0n) is 7.25. The van der Waals surface area contributed by atoms with Gasteiger partial charge in [0.25, 0.3) is 0 Å². The second-order valence-electron chi connectivity index (χ2n) is 0.512. The number of nitrogens with two attached hydrogens (primary N) is 1. The van der Waals surface area contributed by atoms with Crippen molar-refractivity contribution >= 4 is 8.25 Å². The van der Waals surface area contributed by atoms with Gasteiger partial charge in [-0.25, -0.2) is 0 Å². The number of hydrogen-bond donors (Lipinski definition) is 1. The Morgan fingerprint density at radius 2 is 2.00 bits per heavy atom. The summed E-state index contributed by atoms with van der Waals surface area (Å²) in [4.78, 5) is 0. The van der Waals surface area contributed by atoms with Crippen molar-refractivity contribution in [3.8, 4) is 0 Å². The van der Waals surface area contributed by atoms with Gasteiger partial charge in [-0.05, 0) is 4.62 Å². The van der Waals surface area contributed by atoms with Gasteiger partial charge in [-0.15, -0.1) is 4.52 Å². The third-order valence-electron chi connectivity index (χ3n) is 0.235. The van der Waals surface area contributed by atoms with Gasteiger partial charge in [-0.2, -0.15) is 5.90 Å². The molecule has 0 fully saturated rings. The molecule has 0 radical (unpaired) electrons. The van der Waals surface area contributed by atoms with E-state index in [1.807, 2.05) is 0 Å². The van der Waals surface area contributed by atoms with Crippen LogP contribution < -0.4 is 65.0 Å². The summed E-state index contributed by atoms with van der Waals surface area (Å²) in [7, 11) is -0.807. The van der Waals surface area contributed by atoms with E-state index in [0.717, 1.165) is 0 Å². The topological polar surface area (TPSA) is 61.5 Å². The van der Waals surface area contributed by atoms with Crippen LogP contribution in [0, 0.1) is 0 Å². The number of hydrogen-bond acceptors (Lipinski definition) is 4. The first-order valence-electron chi connectivity index (χ1n) is 1.19. The maximum atomic E-state index is 9.76. The Labute approximate surface area is 95.9 Å². The van der Waals surface area contributed by atoms with Gasteiger partial charge in [0.1, 0.15) is 0 Å². The molecule has 0 aromatic heterocycles. The summed E-state index contributed by atoms with van der Waals surface area (Å²) in [6, 6.07) is 0. The summed E-state index contributed by atoms with van der Waals surface area (Å²) in [5, 5.41) is 0. The van der Waals surface area contributed by atoms with Crippen LogP contribution in [0.15, 0.2) is 0 Å². The molecule has 40 valence electrons. The molecule has 0 aliphatic heterocycles. The van der Waals surface area contributed by atoms with E-state index in [1.54, 1.807) is 0 Å². The average molecular weight is 158 g/mol. The Hall–Kier alpha value is 1.98. The van der Waals surface area contributed by atoms with Crippen LogP contribution in [0.5, 0.6) is 0 Å². The molecule has 0 saturated heterocycles. The quantitative estimate of drug-likeness (QED) is 0.247. The second-order valence-corrected chi connectivity index (χ2v) is 1.53. The SMILES string of the molecule is CO[P+](=O)ON.[H-].[H-].[Na+].[Na+]. The van der Waals surface area contributed by atoms with Crippen molar-refractivity contribution in [2.24, 2.45) is 5.90 Å². The van der Waals surface area contributed by atoms with Crippen LogP contribution in [0.4, 0.5) is 0 Å². The van der Waals surface area contributed by atoms with Crippen LogP contribution in [0.25, 0.3) is 0 Å². The maximum Gasteiger partial charge on any atom is 1.00 e. The predicted molar refractivity (Wildman–Crippen MR) is 22.1 cm³/mol. The van der Waals surface area contributed by atoms with E-state index in [9.17, 15) is 4.57 Å². The molecule has 0 saturated carbocycles. The van der Waals surface area contributed by atoms with Gasteiger partial charge in [0, 0.05) is 4.57 Å². The van der Waals surface area contributed by atoms with E-state index in [1.165, 1.54) is 7.11 Å². The van der Waals surface area contributed by atoms with Crippen molar-refractivity contribution in [3.05, 3.63) is 0 Å². The molecule has 0 heterocycles. The molecule has 0 bridgehead atoms. The van der Waals surface area contributed by atoms with E-state index in [2.05, 4.69) is 15.0 Å². The van der Waals surface area contributed by atoms with Gasteiger partial charge in [0.05, 0.1) is 7.11 Å². The molecule has 2 N–H and O–H groups in total. The average Bonchev–Trinajstić information content (AvgIpc) is 1.65. The smallest absolute Gasteiger partial charge is 1.00 e. The zero-order chi connectivity index (χ0) is 4.99. The molecule has 0 rings (SSSR count). The summed E-state index contributed by atoms with van der Waals surface area (Å²) in [6.07, 6.45) is 0. The molecule has 7 heteroatoms. The third-order valence-corrected chi connectivity index (χ3v) is 0.705. The Balaban J connectivity index is -0.0000000208. The van der Waals surface area contributed by atoms with Gasteiger partial charge in [-0.3, -0.25) is 0 Å². The normalized spacial score (nSPS) is 8.50. The summed E-state index contributed by atoms with van der Waals surface area (Å²) in [5.74, 6) is 4.37. The third kappa shape index (κ3) is 10.9. The van der Waals surface area contributed by atoms with Crippen LogP contribution in [0.1, 0.15) is 2.85 Å². The number of rotatable bonds is 2. The minimum absolute atomic E-state index is 0. The van der Waals surface area contributed by atoms with Crippen LogP contribution in [0.3, 0.4) is 0 Å². The van der Waals surface area contributed by atoms with Crippen LogP contribution in [0.2, 0.25) is 0 Å². The largest absolute Gasteiger partial charge is 1.00 e. The molecule has 1 unspecified atom stereocenters. The van der Waals surface area contributed by atoms with Crippen LogP contribution >= 0.6 is 8.25 Å². The summed E-state index contributed by atoms with van der Waals surface area (Å²) in [5.41, 5.74) is 0. The second kappa shape index (κ2) is 11.7. The van der Waals surface area contributed by atoms with E-state index in [4.69, 9.17) is 0 Å². The first-order valence-corrected chi connectivity index (χ1v) is 2.29. The van der Waals surface area contributed by atoms with Gasteiger partial charge in [-0.1, -0.05) is 0 Å². The minimum Gasteiger partial charge on any atom is -1.00 e. The molecule has 0 aliphatic rings. The van der Waals surface area contributed by atoms with Crippen molar-refractivity contribution in [3.63, 3.8) is 0 Å². The molecule has 8 heavy (non-hydrogen) atoms. The van der Waals surface area contributed by atoms with Gasteiger partial charge < -0.3 is 2.85 Å². The molecule has 1 atom stereocenters. The summed E-state index contributed by atoms with van der Waals surface area (Å²) < 4.78 is 17.5.